The lowest BCUT2D eigenvalue weighted by Crippen LogP contribution is -2.34. The summed E-state index contributed by atoms with van der Waals surface area (Å²) < 4.78 is 0.546. The smallest absolute Gasteiger partial charge is 0.285 e. The maximum absolute atomic E-state index is 11.8. The molecular formula is C41H41BrN2O2. The zero-order valence-electron chi connectivity index (χ0n) is 26.7. The molecule has 4 aromatic carbocycles. The third-order valence-electron chi connectivity index (χ3n) is 10.2. The van der Waals surface area contributed by atoms with Crippen LogP contribution in [-0.2, 0) is 23.7 Å². The van der Waals surface area contributed by atoms with Crippen LogP contribution in [0.4, 0.5) is 11.4 Å². The van der Waals surface area contributed by atoms with Gasteiger partial charge in [-0.2, -0.15) is 0 Å². The van der Waals surface area contributed by atoms with Crippen molar-refractivity contribution in [1.82, 2.24) is 0 Å². The Morgan fingerprint density at radius 2 is 1.52 bits per heavy atom. The van der Waals surface area contributed by atoms with Gasteiger partial charge in [0.25, 0.3) is 5.69 Å². The normalized spacial score (nSPS) is 16.7. The third-order valence-corrected chi connectivity index (χ3v) is 10.9. The molecule has 1 aliphatic heterocycles. The number of allylic oxidation sites excluding steroid dienone is 5. The van der Waals surface area contributed by atoms with Crippen molar-refractivity contribution >= 4 is 27.3 Å². The molecule has 1 spiro atoms. The highest BCUT2D eigenvalue weighted by molar-refractivity contribution is 9.10. The standard InChI is InChI=1S/C41H41BrN2O2/c1-30-16-11-12-22-34(30)41(28-32-18-7-4-8-19-32,29-33-20-9-5-10-21-33)31(2)17-15-23-39-40(24-13-6-14-25-40)35-26-36(42)38(44(45)46)27-37(35)43(39)3/h4-5,7-12,15-23,26-27H,2,6,13-14,24-25,28-29H2,1,3H3/b17-15+,39-23+. The SMILES string of the molecule is C=C(/C=C/C=C1/N(C)c2cc([N+](=O)[O-])c(Br)cc2C12CCCCC2)C(Cc1ccccc1)(Cc1ccccc1)c1ccccc1C. The van der Waals surface area contributed by atoms with Gasteiger partial charge in [0.15, 0.2) is 0 Å². The van der Waals surface area contributed by atoms with Crippen molar-refractivity contribution in [1.29, 1.82) is 0 Å². The molecule has 5 heteroatoms. The van der Waals surface area contributed by atoms with E-state index in [0.29, 0.717) is 4.47 Å². The van der Waals surface area contributed by atoms with E-state index < -0.39 is 0 Å². The second-order valence-corrected chi connectivity index (χ2v) is 13.8. The Morgan fingerprint density at radius 3 is 2.11 bits per heavy atom. The molecule has 0 amide bonds. The van der Waals surface area contributed by atoms with Crippen LogP contribution in [0.15, 0.2) is 138 Å². The number of nitro groups is 1. The van der Waals surface area contributed by atoms with Gasteiger partial charge in [0.2, 0.25) is 0 Å². The van der Waals surface area contributed by atoms with Crippen molar-refractivity contribution in [2.75, 3.05) is 11.9 Å². The number of nitrogens with zero attached hydrogens (tertiary/aromatic N) is 2. The number of hydrogen-bond donors (Lipinski definition) is 0. The topological polar surface area (TPSA) is 46.4 Å². The van der Waals surface area contributed by atoms with Crippen LogP contribution in [0.1, 0.15) is 59.9 Å². The van der Waals surface area contributed by atoms with E-state index in [-0.39, 0.29) is 21.4 Å². The van der Waals surface area contributed by atoms with Crippen LogP contribution in [0, 0.1) is 17.0 Å². The Kier molecular flexibility index (Phi) is 9.15. The molecule has 0 N–H and O–H groups in total. The lowest BCUT2D eigenvalue weighted by molar-refractivity contribution is -0.385. The van der Waals surface area contributed by atoms with Gasteiger partial charge >= 0.3 is 0 Å². The van der Waals surface area contributed by atoms with Crippen LogP contribution in [0.2, 0.25) is 0 Å². The fourth-order valence-corrected chi connectivity index (χ4v) is 8.45. The summed E-state index contributed by atoms with van der Waals surface area (Å²) in [5, 5.41) is 11.8. The van der Waals surface area contributed by atoms with E-state index in [0.717, 1.165) is 49.8 Å². The highest BCUT2D eigenvalue weighted by atomic mass is 79.9. The summed E-state index contributed by atoms with van der Waals surface area (Å²) in [4.78, 5) is 13.7. The molecule has 4 aromatic rings. The van der Waals surface area contributed by atoms with Crippen LogP contribution in [0.5, 0.6) is 0 Å². The maximum atomic E-state index is 11.8. The Balaban J connectivity index is 1.45. The number of likely N-dealkylation sites (N-methyl/N-ethyl adjacent to an activating group) is 1. The van der Waals surface area contributed by atoms with Gasteiger partial charge in [0.05, 0.1) is 15.1 Å². The number of fused-ring (bicyclic) bond motifs is 2. The minimum Gasteiger partial charge on any atom is -0.347 e. The molecule has 1 aliphatic carbocycles. The molecule has 0 unspecified atom stereocenters. The fraction of sp³-hybridized carbons (Fsp3) is 0.268. The van der Waals surface area contributed by atoms with Crippen LogP contribution < -0.4 is 4.90 Å². The predicted molar refractivity (Wildman–Crippen MR) is 193 cm³/mol. The largest absolute Gasteiger partial charge is 0.347 e. The molecule has 1 heterocycles. The monoisotopic (exact) mass is 672 g/mol. The lowest BCUT2D eigenvalue weighted by atomic mass is 9.65. The van der Waals surface area contributed by atoms with Crippen molar-refractivity contribution in [2.24, 2.45) is 0 Å². The molecule has 0 aromatic heterocycles. The quantitative estimate of drug-likeness (QED) is 0.101. The molecule has 6 rings (SSSR count). The van der Waals surface area contributed by atoms with Gasteiger partial charge in [-0.3, -0.25) is 10.1 Å². The summed E-state index contributed by atoms with van der Waals surface area (Å²) in [7, 11) is 2.05. The van der Waals surface area contributed by atoms with E-state index in [1.165, 1.54) is 39.9 Å². The molecule has 46 heavy (non-hydrogen) atoms. The van der Waals surface area contributed by atoms with E-state index in [1.807, 2.05) is 6.07 Å². The first-order valence-electron chi connectivity index (χ1n) is 16.2. The van der Waals surface area contributed by atoms with Gasteiger partial charge in [-0.25, -0.2) is 0 Å². The molecule has 4 nitrogen and oxygen atoms in total. The van der Waals surface area contributed by atoms with E-state index in [1.54, 1.807) is 6.07 Å². The van der Waals surface area contributed by atoms with Crippen LogP contribution >= 0.6 is 15.9 Å². The summed E-state index contributed by atoms with van der Waals surface area (Å²) in [6.07, 6.45) is 13.8. The molecule has 234 valence electrons. The van der Waals surface area contributed by atoms with E-state index in [9.17, 15) is 10.1 Å². The number of rotatable bonds is 9. The number of nitro benzene ring substituents is 1. The van der Waals surface area contributed by atoms with Crippen LogP contribution in [0.3, 0.4) is 0 Å². The zero-order chi connectivity index (χ0) is 32.3. The average molecular weight is 674 g/mol. The zero-order valence-corrected chi connectivity index (χ0v) is 28.3. The number of anilines is 1. The number of hydrogen-bond acceptors (Lipinski definition) is 3. The molecule has 0 bridgehead atoms. The summed E-state index contributed by atoms with van der Waals surface area (Å²) in [5.41, 5.74) is 9.03. The first kappa shape index (κ1) is 31.7. The van der Waals surface area contributed by atoms with Gasteiger partial charge < -0.3 is 4.90 Å². The Labute approximate surface area is 281 Å². The number of aryl methyl sites for hydroxylation is 1. The second kappa shape index (κ2) is 13.3. The van der Waals surface area contributed by atoms with Crippen molar-refractivity contribution in [3.05, 3.63) is 176 Å². The fourth-order valence-electron chi connectivity index (χ4n) is 7.96. The molecule has 1 saturated carbocycles. The van der Waals surface area contributed by atoms with Crippen LogP contribution in [0.25, 0.3) is 0 Å². The van der Waals surface area contributed by atoms with Crippen molar-refractivity contribution in [2.45, 2.75) is 62.7 Å². The third kappa shape index (κ3) is 5.89. The average Bonchev–Trinajstić information content (AvgIpc) is 3.27. The minimum absolute atomic E-state index is 0.103. The summed E-state index contributed by atoms with van der Waals surface area (Å²) in [6.45, 7) is 7.00. The second-order valence-electron chi connectivity index (χ2n) is 12.9. The molecule has 0 radical (unpaired) electrons. The lowest BCUT2D eigenvalue weighted by Gasteiger charge is -2.38. The Hall–Kier alpha value is -4.22. The van der Waals surface area contributed by atoms with Crippen LogP contribution in [-0.4, -0.2) is 12.0 Å². The van der Waals surface area contributed by atoms with Gasteiger partial charge in [-0.05, 0) is 94.1 Å². The number of benzene rings is 4. The van der Waals surface area contributed by atoms with E-state index in [2.05, 4.69) is 138 Å². The first-order chi connectivity index (χ1) is 22.2. The summed E-state index contributed by atoms with van der Waals surface area (Å²) in [5.74, 6) is 0. The van der Waals surface area contributed by atoms with Gasteiger partial charge in [-0.15, -0.1) is 0 Å². The molecule has 2 aliphatic rings. The minimum atomic E-state index is -0.373. The van der Waals surface area contributed by atoms with Crippen molar-refractivity contribution < 1.29 is 4.92 Å². The molecule has 0 atom stereocenters. The van der Waals surface area contributed by atoms with Crippen molar-refractivity contribution in [3.63, 3.8) is 0 Å². The predicted octanol–water partition coefficient (Wildman–Crippen LogP) is 10.7. The summed E-state index contributed by atoms with van der Waals surface area (Å²) >= 11 is 3.51. The highest BCUT2D eigenvalue weighted by Crippen LogP contribution is 2.56. The molecule has 1 fully saturated rings. The molecule has 0 saturated heterocycles. The van der Waals surface area contributed by atoms with Crippen molar-refractivity contribution in [3.8, 4) is 0 Å². The van der Waals surface area contributed by atoms with E-state index in [4.69, 9.17) is 6.58 Å². The first-order valence-corrected chi connectivity index (χ1v) is 17.0. The van der Waals surface area contributed by atoms with Gasteiger partial charge in [-0.1, -0.05) is 123 Å². The van der Waals surface area contributed by atoms with Gasteiger partial charge in [0.1, 0.15) is 0 Å². The van der Waals surface area contributed by atoms with E-state index >= 15 is 0 Å². The highest BCUT2D eigenvalue weighted by Gasteiger charge is 2.47. The Bertz CT molecular complexity index is 1760. The maximum Gasteiger partial charge on any atom is 0.285 e. The number of halogens is 1. The molecular weight excluding hydrogens is 632 g/mol. The summed E-state index contributed by atoms with van der Waals surface area (Å²) in [6, 6.07) is 33.9. The van der Waals surface area contributed by atoms with Gasteiger partial charge in [0, 0.05) is 29.6 Å². The Morgan fingerprint density at radius 1 is 0.935 bits per heavy atom.